The SMILES string of the molecule is CC[Si](CC)(CC)c1ccc([C](=[Hf+2])c2ccc(C(C)(C)C)cc2)cc1. The second kappa shape index (κ2) is 8.39. The van der Waals surface area contributed by atoms with Gasteiger partial charge in [-0.15, -0.1) is 0 Å². The Hall–Kier alpha value is -0.603. The topological polar surface area (TPSA) is 0 Å². The first-order valence-electron chi connectivity index (χ1n) is 9.57. The van der Waals surface area contributed by atoms with Gasteiger partial charge in [0.05, 0.1) is 0 Å². The average molecular weight is 515 g/mol. The van der Waals surface area contributed by atoms with Crippen molar-refractivity contribution in [2.45, 2.75) is 65.1 Å². The third-order valence-corrected chi connectivity index (χ3v) is 13.5. The average Bonchev–Trinajstić information content (AvgIpc) is 2.63. The van der Waals surface area contributed by atoms with Gasteiger partial charge in [0.15, 0.2) is 0 Å². The summed E-state index contributed by atoms with van der Waals surface area (Å²) in [6.45, 7) is 14.0. The Labute approximate surface area is 170 Å². The van der Waals surface area contributed by atoms with Crippen molar-refractivity contribution in [3.63, 3.8) is 0 Å². The zero-order chi connectivity index (χ0) is 18.7. The number of hydrogen-bond acceptors (Lipinski definition) is 0. The zero-order valence-electron chi connectivity index (χ0n) is 16.7. The molecule has 2 heteroatoms. The summed E-state index contributed by atoms with van der Waals surface area (Å²) in [5.74, 6) is 0. The molecule has 2 rings (SSSR count). The standard InChI is InChI=1S/C23H32Si.Hf/c1-7-24(8-2,9-3)22-16-12-20(13-17-22)18-19-10-14-21(15-11-19)23(4,5)6;/h10-17H,7-9H2,1-6H3;/q;+2. The summed E-state index contributed by atoms with van der Waals surface area (Å²) < 4.78 is 1.50. The van der Waals surface area contributed by atoms with Crippen LogP contribution in [0.2, 0.25) is 18.1 Å². The van der Waals surface area contributed by atoms with Crippen LogP contribution in [0, 0.1) is 0 Å². The van der Waals surface area contributed by atoms with Gasteiger partial charge in [-0.25, -0.2) is 0 Å². The molecule has 0 aliphatic rings. The van der Waals surface area contributed by atoms with Crippen LogP contribution in [0.25, 0.3) is 0 Å². The summed E-state index contributed by atoms with van der Waals surface area (Å²) in [5.41, 5.74) is 4.42. The minimum absolute atomic E-state index is 0.222. The minimum atomic E-state index is -1.26. The Balaban J connectivity index is 2.26. The predicted octanol–water partition coefficient (Wildman–Crippen LogP) is 5.82. The van der Waals surface area contributed by atoms with Gasteiger partial charge in [0, 0.05) is 0 Å². The summed E-state index contributed by atoms with van der Waals surface area (Å²) in [4.78, 5) is 0. The van der Waals surface area contributed by atoms with E-state index in [4.69, 9.17) is 0 Å². The van der Waals surface area contributed by atoms with Gasteiger partial charge < -0.3 is 0 Å². The van der Waals surface area contributed by atoms with Crippen molar-refractivity contribution in [1.29, 1.82) is 0 Å². The van der Waals surface area contributed by atoms with Gasteiger partial charge in [-0.1, -0.05) is 0 Å². The molecule has 0 atom stereocenters. The molecule has 0 bridgehead atoms. The van der Waals surface area contributed by atoms with Gasteiger partial charge in [0.1, 0.15) is 0 Å². The fraction of sp³-hybridized carbons (Fsp3) is 0.435. The molecule has 0 fully saturated rings. The van der Waals surface area contributed by atoms with Crippen molar-refractivity contribution in [3.8, 4) is 0 Å². The molecule has 0 saturated carbocycles. The molecule has 0 aliphatic heterocycles. The van der Waals surface area contributed by atoms with Crippen molar-refractivity contribution in [1.82, 2.24) is 0 Å². The molecule has 0 N–H and O–H groups in total. The molecule has 0 spiro atoms. The van der Waals surface area contributed by atoms with E-state index < -0.39 is 8.07 Å². The monoisotopic (exact) mass is 516 g/mol. The quantitative estimate of drug-likeness (QED) is 0.426. The van der Waals surface area contributed by atoms with E-state index in [-0.39, 0.29) is 5.41 Å². The van der Waals surface area contributed by atoms with Crippen LogP contribution in [-0.4, -0.2) is 11.3 Å². The molecule has 0 aromatic heterocycles. The molecular formula is C23H32HfSi+2. The molecule has 25 heavy (non-hydrogen) atoms. The van der Waals surface area contributed by atoms with Crippen LogP contribution < -0.4 is 5.19 Å². The molecule has 2 aromatic rings. The summed E-state index contributed by atoms with van der Waals surface area (Å²) in [6.07, 6.45) is 0. The van der Waals surface area contributed by atoms with E-state index in [0.717, 1.165) is 23.9 Å². The Morgan fingerprint density at radius 3 is 1.52 bits per heavy atom. The first-order valence-corrected chi connectivity index (χ1v) is 14.0. The van der Waals surface area contributed by atoms with Gasteiger partial charge in [0.2, 0.25) is 0 Å². The number of rotatable bonds is 6. The van der Waals surface area contributed by atoms with Gasteiger partial charge in [-0.05, 0) is 0 Å². The number of benzene rings is 2. The molecule has 0 radical (unpaired) electrons. The van der Waals surface area contributed by atoms with E-state index in [0.29, 0.717) is 0 Å². The third-order valence-electron chi connectivity index (χ3n) is 5.86. The van der Waals surface area contributed by atoms with Crippen LogP contribution in [0.4, 0.5) is 0 Å². The number of hydrogen-bond donors (Lipinski definition) is 0. The summed E-state index contributed by atoms with van der Waals surface area (Å²) >= 11 is 1.07. The molecule has 0 aliphatic carbocycles. The van der Waals surface area contributed by atoms with E-state index in [2.05, 4.69) is 90.1 Å². The maximum atomic E-state index is 2.43. The molecule has 0 amide bonds. The predicted molar refractivity (Wildman–Crippen MR) is 112 cm³/mol. The first-order chi connectivity index (χ1) is 11.8. The van der Waals surface area contributed by atoms with Gasteiger partial charge in [-0.3, -0.25) is 0 Å². The fourth-order valence-corrected chi connectivity index (χ4v) is 8.45. The molecule has 2 aromatic carbocycles. The van der Waals surface area contributed by atoms with Crippen molar-refractivity contribution < 1.29 is 23.9 Å². The van der Waals surface area contributed by atoms with Gasteiger partial charge >= 0.3 is 171 Å². The van der Waals surface area contributed by atoms with Crippen LogP contribution in [0.3, 0.4) is 0 Å². The van der Waals surface area contributed by atoms with Crippen molar-refractivity contribution >= 4 is 16.5 Å². The summed E-state index contributed by atoms with van der Waals surface area (Å²) in [6, 6.07) is 22.9. The Bertz CT molecular complexity index is 693. The normalized spacial score (nSPS) is 12.3. The van der Waals surface area contributed by atoms with Crippen LogP contribution in [0.1, 0.15) is 58.2 Å². The van der Waals surface area contributed by atoms with E-state index in [1.165, 1.54) is 38.1 Å². The van der Waals surface area contributed by atoms with E-state index in [1.54, 1.807) is 5.19 Å². The van der Waals surface area contributed by atoms with E-state index >= 15 is 0 Å². The summed E-state index contributed by atoms with van der Waals surface area (Å²) in [5, 5.41) is 1.64. The zero-order valence-corrected chi connectivity index (χ0v) is 21.3. The molecule has 0 unspecified atom stereocenters. The van der Waals surface area contributed by atoms with Gasteiger partial charge in [0.25, 0.3) is 0 Å². The van der Waals surface area contributed by atoms with Gasteiger partial charge in [-0.2, -0.15) is 0 Å². The molecule has 0 nitrogen and oxygen atoms in total. The Morgan fingerprint density at radius 1 is 0.760 bits per heavy atom. The Kier molecular flexibility index (Phi) is 6.95. The van der Waals surface area contributed by atoms with Crippen LogP contribution in [0.15, 0.2) is 48.5 Å². The van der Waals surface area contributed by atoms with Crippen LogP contribution in [0.5, 0.6) is 0 Å². The second-order valence-electron chi connectivity index (χ2n) is 8.12. The molecule has 130 valence electrons. The van der Waals surface area contributed by atoms with Crippen LogP contribution in [-0.2, 0) is 29.3 Å². The molecule has 0 heterocycles. The van der Waals surface area contributed by atoms with Crippen molar-refractivity contribution in [3.05, 3.63) is 65.2 Å². The second-order valence-corrected chi connectivity index (χ2v) is 15.2. The first kappa shape index (κ1) is 20.7. The third kappa shape index (κ3) is 4.57. The van der Waals surface area contributed by atoms with Crippen molar-refractivity contribution in [2.24, 2.45) is 0 Å². The molecular weight excluding hydrogens is 483 g/mol. The van der Waals surface area contributed by atoms with E-state index in [9.17, 15) is 0 Å². The Morgan fingerprint density at radius 2 is 1.16 bits per heavy atom. The van der Waals surface area contributed by atoms with E-state index in [1.807, 2.05) is 0 Å². The maximum absolute atomic E-state index is 2.43. The molecule has 0 saturated heterocycles. The summed E-state index contributed by atoms with van der Waals surface area (Å²) in [7, 11) is -1.26. The fourth-order valence-electron chi connectivity index (χ4n) is 3.66. The van der Waals surface area contributed by atoms with Crippen molar-refractivity contribution in [2.75, 3.05) is 0 Å². The van der Waals surface area contributed by atoms with Crippen LogP contribution >= 0.6 is 0 Å².